The second-order valence-electron chi connectivity index (χ2n) is 2.72. The molecule has 0 aromatic carbocycles. The fraction of sp³-hybridized carbons (Fsp3) is 0.500. The Morgan fingerprint density at radius 1 is 1.60 bits per heavy atom. The highest BCUT2D eigenvalue weighted by Gasteiger charge is 2.12. The van der Waals surface area contributed by atoms with Crippen molar-refractivity contribution in [3.63, 3.8) is 0 Å². The molecule has 0 aliphatic carbocycles. The van der Waals surface area contributed by atoms with Crippen LogP contribution in [0, 0.1) is 0 Å². The molecule has 0 saturated carbocycles. The maximum Gasteiger partial charge on any atom is 0.304 e. The lowest BCUT2D eigenvalue weighted by molar-refractivity contribution is -0.136. The number of sulfonamides is 1. The summed E-state index contributed by atoms with van der Waals surface area (Å²) in [6.45, 7) is -0.0258. The zero-order valence-electron chi connectivity index (χ0n) is 7.67. The summed E-state index contributed by atoms with van der Waals surface area (Å²) in [6, 6.07) is 0. The van der Waals surface area contributed by atoms with Crippen LogP contribution in [0.4, 0.5) is 0 Å². The van der Waals surface area contributed by atoms with E-state index in [0.29, 0.717) is 5.82 Å². The van der Waals surface area contributed by atoms with Crippen LogP contribution in [0.5, 0.6) is 0 Å². The Morgan fingerprint density at radius 3 is 2.87 bits per heavy atom. The summed E-state index contributed by atoms with van der Waals surface area (Å²) in [5, 5.41) is 14.3. The average Bonchev–Trinajstić information content (AvgIpc) is 2.65. The van der Waals surface area contributed by atoms with Crippen LogP contribution >= 0.6 is 0 Å². The first-order chi connectivity index (χ1) is 6.99. The Hall–Kier alpha value is -1.48. The van der Waals surface area contributed by atoms with Crippen LogP contribution in [0.3, 0.4) is 0 Å². The molecule has 0 atom stereocenters. The molecule has 0 amide bonds. The third kappa shape index (κ3) is 4.51. The van der Waals surface area contributed by atoms with E-state index in [4.69, 9.17) is 5.11 Å². The molecule has 0 saturated heterocycles. The van der Waals surface area contributed by atoms with Gasteiger partial charge in [0.05, 0.1) is 18.7 Å². The molecule has 15 heavy (non-hydrogen) atoms. The summed E-state index contributed by atoms with van der Waals surface area (Å²) in [6.07, 6.45) is 0.826. The second-order valence-corrected chi connectivity index (χ2v) is 4.64. The summed E-state index contributed by atoms with van der Waals surface area (Å²) in [7, 11) is -3.57. The van der Waals surface area contributed by atoms with E-state index in [0.717, 1.165) is 0 Å². The number of carboxylic acids is 1. The Balaban J connectivity index is 2.40. The monoisotopic (exact) mass is 234 g/mol. The van der Waals surface area contributed by atoms with Crippen molar-refractivity contribution in [2.75, 3.05) is 5.75 Å². The zero-order valence-corrected chi connectivity index (χ0v) is 8.49. The number of nitrogens with zero attached hydrogens (tertiary/aromatic N) is 2. The van der Waals surface area contributed by atoms with Crippen LogP contribution in [0.15, 0.2) is 6.33 Å². The number of aliphatic carboxylic acids is 1. The Morgan fingerprint density at radius 2 is 2.33 bits per heavy atom. The first-order valence-corrected chi connectivity index (χ1v) is 5.68. The number of carbonyl (C=O) groups is 1. The number of rotatable bonds is 6. The smallest absolute Gasteiger partial charge is 0.304 e. The maximum atomic E-state index is 11.2. The van der Waals surface area contributed by atoms with Gasteiger partial charge in [0, 0.05) is 0 Å². The Kier molecular flexibility index (Phi) is 3.74. The molecule has 9 heteroatoms. The normalized spacial score (nSPS) is 11.5. The highest BCUT2D eigenvalue weighted by molar-refractivity contribution is 7.89. The fourth-order valence-electron chi connectivity index (χ4n) is 0.788. The molecule has 1 aromatic rings. The zero-order chi connectivity index (χ0) is 11.3. The van der Waals surface area contributed by atoms with Gasteiger partial charge in [0.1, 0.15) is 12.2 Å². The summed E-state index contributed by atoms with van der Waals surface area (Å²) >= 11 is 0. The predicted molar refractivity (Wildman–Crippen MR) is 49.3 cm³/mol. The largest absolute Gasteiger partial charge is 0.481 e. The highest BCUT2D eigenvalue weighted by atomic mass is 32.2. The van der Waals surface area contributed by atoms with E-state index in [1.807, 2.05) is 0 Å². The highest BCUT2D eigenvalue weighted by Crippen LogP contribution is 1.92. The first kappa shape index (κ1) is 11.6. The first-order valence-electron chi connectivity index (χ1n) is 4.03. The van der Waals surface area contributed by atoms with E-state index in [1.54, 1.807) is 0 Å². The molecule has 3 N–H and O–H groups in total. The summed E-state index contributed by atoms with van der Waals surface area (Å²) < 4.78 is 24.6. The van der Waals surface area contributed by atoms with E-state index in [-0.39, 0.29) is 6.54 Å². The molecule has 0 fully saturated rings. The van der Waals surface area contributed by atoms with Gasteiger partial charge in [-0.1, -0.05) is 0 Å². The van der Waals surface area contributed by atoms with E-state index in [2.05, 4.69) is 19.9 Å². The lowest BCUT2D eigenvalue weighted by atomic mass is 10.5. The van der Waals surface area contributed by atoms with Gasteiger partial charge in [0.25, 0.3) is 0 Å². The quantitative estimate of drug-likeness (QED) is 0.561. The number of hydrogen-bond acceptors (Lipinski definition) is 5. The number of nitrogens with one attached hydrogen (secondary N) is 2. The molecule has 84 valence electrons. The van der Waals surface area contributed by atoms with Gasteiger partial charge in [-0.05, 0) is 0 Å². The van der Waals surface area contributed by atoms with Crippen molar-refractivity contribution in [3.05, 3.63) is 12.2 Å². The topological polar surface area (TPSA) is 125 Å². The fourth-order valence-corrected chi connectivity index (χ4v) is 1.73. The van der Waals surface area contributed by atoms with Gasteiger partial charge in [-0.25, -0.2) is 18.1 Å². The number of aromatic amines is 1. The van der Waals surface area contributed by atoms with Crippen molar-refractivity contribution in [1.29, 1.82) is 0 Å². The SMILES string of the molecule is O=C(O)CCS(=O)(=O)NCc1ncn[nH]1. The second kappa shape index (κ2) is 4.84. The number of hydrogen-bond donors (Lipinski definition) is 3. The van der Waals surface area contributed by atoms with Crippen molar-refractivity contribution in [1.82, 2.24) is 19.9 Å². The lowest BCUT2D eigenvalue weighted by Crippen LogP contribution is -2.27. The van der Waals surface area contributed by atoms with Crippen LogP contribution in [0.25, 0.3) is 0 Å². The Labute approximate surface area is 85.8 Å². The van der Waals surface area contributed by atoms with Gasteiger partial charge in [-0.15, -0.1) is 0 Å². The standard InChI is InChI=1S/C6H10N4O4S/c11-6(12)1-2-15(13,14)9-3-5-7-4-8-10-5/h4,9H,1-3H2,(H,11,12)(H,7,8,10). The van der Waals surface area contributed by atoms with Gasteiger partial charge in [0.2, 0.25) is 10.0 Å². The van der Waals surface area contributed by atoms with Crippen LogP contribution in [-0.4, -0.2) is 40.4 Å². The molecule has 0 unspecified atom stereocenters. The van der Waals surface area contributed by atoms with Crippen molar-refractivity contribution in [2.24, 2.45) is 0 Å². The van der Waals surface area contributed by atoms with Crippen molar-refractivity contribution >= 4 is 16.0 Å². The third-order valence-corrected chi connectivity index (χ3v) is 2.83. The number of carboxylic acid groups (broad SMARTS) is 1. The van der Waals surface area contributed by atoms with Gasteiger partial charge in [-0.2, -0.15) is 5.10 Å². The van der Waals surface area contributed by atoms with Crippen LogP contribution in [0.2, 0.25) is 0 Å². The van der Waals surface area contributed by atoms with Crippen molar-refractivity contribution in [2.45, 2.75) is 13.0 Å². The van der Waals surface area contributed by atoms with Gasteiger partial charge < -0.3 is 5.11 Å². The van der Waals surface area contributed by atoms with E-state index in [1.165, 1.54) is 6.33 Å². The molecule has 0 bridgehead atoms. The molecular weight excluding hydrogens is 224 g/mol. The minimum Gasteiger partial charge on any atom is -0.481 e. The van der Waals surface area contributed by atoms with E-state index < -0.39 is 28.2 Å². The van der Waals surface area contributed by atoms with Gasteiger partial charge in [0.15, 0.2) is 0 Å². The van der Waals surface area contributed by atoms with Crippen molar-refractivity contribution < 1.29 is 18.3 Å². The average molecular weight is 234 g/mol. The minimum atomic E-state index is -3.57. The van der Waals surface area contributed by atoms with Crippen LogP contribution in [0.1, 0.15) is 12.2 Å². The van der Waals surface area contributed by atoms with Gasteiger partial charge in [-0.3, -0.25) is 9.89 Å². The molecule has 1 rings (SSSR count). The van der Waals surface area contributed by atoms with Crippen LogP contribution in [-0.2, 0) is 21.4 Å². The van der Waals surface area contributed by atoms with E-state index in [9.17, 15) is 13.2 Å². The molecule has 1 aromatic heterocycles. The predicted octanol–water partition coefficient (Wildman–Crippen LogP) is -1.30. The van der Waals surface area contributed by atoms with Crippen LogP contribution < -0.4 is 4.72 Å². The van der Waals surface area contributed by atoms with Crippen molar-refractivity contribution in [3.8, 4) is 0 Å². The molecule has 0 radical (unpaired) electrons. The molecule has 0 spiro atoms. The molecule has 8 nitrogen and oxygen atoms in total. The number of aromatic nitrogens is 3. The lowest BCUT2D eigenvalue weighted by Gasteiger charge is -2.02. The Bertz CT molecular complexity index is 412. The molecule has 0 aliphatic rings. The summed E-state index contributed by atoms with van der Waals surface area (Å²) in [5.74, 6) is -1.23. The number of H-pyrrole nitrogens is 1. The minimum absolute atomic E-state index is 0.0258. The third-order valence-electron chi connectivity index (χ3n) is 1.51. The maximum absolute atomic E-state index is 11.2. The molecule has 1 heterocycles. The molecular formula is C6H10N4O4S. The summed E-state index contributed by atoms with van der Waals surface area (Å²) in [5.41, 5.74) is 0. The van der Waals surface area contributed by atoms with E-state index >= 15 is 0 Å². The van der Waals surface area contributed by atoms with Gasteiger partial charge >= 0.3 is 5.97 Å². The summed E-state index contributed by atoms with van der Waals surface area (Å²) in [4.78, 5) is 13.9. The molecule has 0 aliphatic heterocycles.